The van der Waals surface area contributed by atoms with E-state index >= 15 is 0 Å². The molecule has 5 nitrogen and oxygen atoms in total. The summed E-state index contributed by atoms with van der Waals surface area (Å²) >= 11 is 0. The highest BCUT2D eigenvalue weighted by atomic mass is 32.2. The van der Waals surface area contributed by atoms with Crippen molar-refractivity contribution in [2.75, 3.05) is 0 Å². The molecule has 1 rings (SSSR count). The largest absolute Gasteiger partial charge is 0.480 e. The number of sulfonamides is 1. The number of nitrogens with one attached hydrogen (secondary N) is 1. The predicted molar refractivity (Wildman–Crippen MR) is 63.2 cm³/mol. The molecule has 0 atom stereocenters. The molecule has 17 heavy (non-hydrogen) atoms. The zero-order valence-electron chi connectivity index (χ0n) is 9.89. The van der Waals surface area contributed by atoms with Gasteiger partial charge in [-0.05, 0) is 38.5 Å². The highest BCUT2D eigenvalue weighted by Crippen LogP contribution is 2.14. The molecule has 0 saturated heterocycles. The maximum absolute atomic E-state index is 11.9. The maximum atomic E-state index is 11.9. The van der Waals surface area contributed by atoms with Gasteiger partial charge in [-0.3, -0.25) is 4.79 Å². The molecule has 0 unspecified atom stereocenters. The fourth-order valence-electron chi connectivity index (χ4n) is 1.22. The van der Waals surface area contributed by atoms with Crippen LogP contribution < -0.4 is 4.72 Å². The zero-order valence-corrected chi connectivity index (χ0v) is 10.7. The normalized spacial score (nSPS) is 12.4. The van der Waals surface area contributed by atoms with Crippen LogP contribution in [0.1, 0.15) is 19.4 Å². The Balaban J connectivity index is 3.10. The molecule has 0 aromatic heterocycles. The SMILES string of the molecule is Cc1cccc(S(=O)(=O)NC(C)(C)C(=O)O)c1. The first kappa shape index (κ1) is 13.7. The van der Waals surface area contributed by atoms with Crippen molar-refractivity contribution in [3.8, 4) is 0 Å². The van der Waals surface area contributed by atoms with Gasteiger partial charge in [0.05, 0.1) is 4.90 Å². The molecule has 0 saturated carbocycles. The molecule has 0 spiro atoms. The number of benzene rings is 1. The molecule has 0 heterocycles. The molecule has 94 valence electrons. The number of aryl methyl sites for hydroxylation is 1. The fourth-order valence-corrected chi connectivity index (χ4v) is 2.70. The number of carboxylic acid groups (broad SMARTS) is 1. The first-order chi connectivity index (χ1) is 7.65. The summed E-state index contributed by atoms with van der Waals surface area (Å²) in [7, 11) is -3.82. The Hall–Kier alpha value is -1.40. The van der Waals surface area contributed by atoms with Crippen LogP contribution in [0.3, 0.4) is 0 Å². The van der Waals surface area contributed by atoms with Gasteiger partial charge in [0, 0.05) is 0 Å². The van der Waals surface area contributed by atoms with E-state index in [0.29, 0.717) is 0 Å². The Bertz CT molecular complexity index is 534. The third-order valence-electron chi connectivity index (χ3n) is 2.22. The van der Waals surface area contributed by atoms with Crippen molar-refractivity contribution in [3.63, 3.8) is 0 Å². The van der Waals surface area contributed by atoms with E-state index in [1.807, 2.05) is 0 Å². The van der Waals surface area contributed by atoms with Crippen molar-refractivity contribution in [1.29, 1.82) is 0 Å². The Morgan fingerprint density at radius 3 is 2.41 bits per heavy atom. The third-order valence-corrected chi connectivity index (χ3v) is 3.88. The molecular formula is C11H15NO4S. The van der Waals surface area contributed by atoms with Crippen LogP contribution in [0.4, 0.5) is 0 Å². The summed E-state index contributed by atoms with van der Waals surface area (Å²) in [5.41, 5.74) is -0.747. The lowest BCUT2D eigenvalue weighted by molar-refractivity contribution is -0.142. The van der Waals surface area contributed by atoms with E-state index in [1.165, 1.54) is 26.0 Å². The van der Waals surface area contributed by atoms with Gasteiger partial charge in [-0.2, -0.15) is 4.72 Å². The monoisotopic (exact) mass is 257 g/mol. The van der Waals surface area contributed by atoms with E-state index in [2.05, 4.69) is 4.72 Å². The topological polar surface area (TPSA) is 83.5 Å². The van der Waals surface area contributed by atoms with Crippen LogP contribution in [0.15, 0.2) is 29.2 Å². The minimum Gasteiger partial charge on any atom is -0.480 e. The van der Waals surface area contributed by atoms with Gasteiger partial charge in [-0.1, -0.05) is 12.1 Å². The van der Waals surface area contributed by atoms with Crippen LogP contribution in [0.5, 0.6) is 0 Å². The fraction of sp³-hybridized carbons (Fsp3) is 0.364. The van der Waals surface area contributed by atoms with Gasteiger partial charge in [0.25, 0.3) is 0 Å². The number of carbonyl (C=O) groups is 1. The number of hydrogen-bond donors (Lipinski definition) is 2. The van der Waals surface area contributed by atoms with Gasteiger partial charge in [-0.15, -0.1) is 0 Å². The summed E-state index contributed by atoms with van der Waals surface area (Å²) in [5.74, 6) is -1.23. The first-order valence-electron chi connectivity index (χ1n) is 4.99. The molecule has 2 N–H and O–H groups in total. The van der Waals surface area contributed by atoms with Crippen LogP contribution in [0, 0.1) is 6.92 Å². The number of aliphatic carboxylic acids is 1. The van der Waals surface area contributed by atoms with E-state index in [4.69, 9.17) is 5.11 Å². The summed E-state index contributed by atoms with van der Waals surface area (Å²) < 4.78 is 26.0. The average Bonchev–Trinajstić information content (AvgIpc) is 2.15. The molecular weight excluding hydrogens is 242 g/mol. The quantitative estimate of drug-likeness (QED) is 0.847. The van der Waals surface area contributed by atoms with E-state index in [0.717, 1.165) is 5.56 Å². The van der Waals surface area contributed by atoms with Crippen molar-refractivity contribution < 1.29 is 18.3 Å². The standard InChI is InChI=1S/C11H15NO4S/c1-8-5-4-6-9(7-8)17(15,16)12-11(2,3)10(13)14/h4-7,12H,1-3H3,(H,13,14). The predicted octanol–water partition coefficient (Wildman–Crippen LogP) is 1.14. The van der Waals surface area contributed by atoms with Crippen LogP contribution in [-0.2, 0) is 14.8 Å². The Kier molecular flexibility index (Phi) is 3.59. The molecule has 0 radical (unpaired) electrons. The number of carboxylic acids is 1. The van der Waals surface area contributed by atoms with E-state index in [-0.39, 0.29) is 4.90 Å². The molecule has 0 aliphatic rings. The van der Waals surface area contributed by atoms with E-state index in [1.54, 1.807) is 19.1 Å². The highest BCUT2D eigenvalue weighted by molar-refractivity contribution is 7.89. The van der Waals surface area contributed by atoms with Gasteiger partial charge in [-0.25, -0.2) is 8.42 Å². The minimum absolute atomic E-state index is 0.0619. The second kappa shape index (κ2) is 4.46. The number of rotatable bonds is 4. The molecule has 0 amide bonds. The third kappa shape index (κ3) is 3.28. The summed E-state index contributed by atoms with van der Waals surface area (Å²) in [6, 6.07) is 6.28. The molecule has 1 aromatic carbocycles. The lowest BCUT2D eigenvalue weighted by Crippen LogP contribution is -2.49. The lowest BCUT2D eigenvalue weighted by atomic mass is 10.1. The minimum atomic E-state index is -3.82. The van der Waals surface area contributed by atoms with Gasteiger partial charge in [0.15, 0.2) is 0 Å². The van der Waals surface area contributed by atoms with Crippen molar-refractivity contribution in [1.82, 2.24) is 4.72 Å². The van der Waals surface area contributed by atoms with Crippen molar-refractivity contribution >= 4 is 16.0 Å². The van der Waals surface area contributed by atoms with Crippen LogP contribution >= 0.6 is 0 Å². The second-order valence-electron chi connectivity index (χ2n) is 4.35. The molecule has 0 aliphatic heterocycles. The summed E-state index contributed by atoms with van der Waals surface area (Å²) in [4.78, 5) is 10.9. The molecule has 0 fully saturated rings. The van der Waals surface area contributed by atoms with Crippen molar-refractivity contribution in [2.45, 2.75) is 31.2 Å². The number of hydrogen-bond acceptors (Lipinski definition) is 3. The Morgan fingerprint density at radius 1 is 1.35 bits per heavy atom. The van der Waals surface area contributed by atoms with E-state index in [9.17, 15) is 13.2 Å². The molecule has 1 aromatic rings. The Morgan fingerprint density at radius 2 is 1.94 bits per heavy atom. The molecule has 0 bridgehead atoms. The molecule has 6 heteroatoms. The van der Waals surface area contributed by atoms with Gasteiger partial charge < -0.3 is 5.11 Å². The highest BCUT2D eigenvalue weighted by Gasteiger charge is 2.32. The van der Waals surface area contributed by atoms with Gasteiger partial charge >= 0.3 is 5.97 Å². The van der Waals surface area contributed by atoms with Crippen molar-refractivity contribution in [3.05, 3.63) is 29.8 Å². The summed E-state index contributed by atoms with van der Waals surface area (Å²) in [5, 5.41) is 8.88. The van der Waals surface area contributed by atoms with E-state index < -0.39 is 21.5 Å². The van der Waals surface area contributed by atoms with Gasteiger partial charge in [0.1, 0.15) is 5.54 Å². The van der Waals surface area contributed by atoms with Crippen molar-refractivity contribution in [2.24, 2.45) is 0 Å². The summed E-state index contributed by atoms with van der Waals surface area (Å²) in [6.07, 6.45) is 0. The van der Waals surface area contributed by atoms with Crippen LogP contribution in [-0.4, -0.2) is 25.0 Å². The second-order valence-corrected chi connectivity index (χ2v) is 6.03. The maximum Gasteiger partial charge on any atom is 0.324 e. The smallest absolute Gasteiger partial charge is 0.324 e. The first-order valence-corrected chi connectivity index (χ1v) is 6.47. The molecule has 0 aliphatic carbocycles. The zero-order chi connectivity index (χ0) is 13.3. The summed E-state index contributed by atoms with van der Waals surface area (Å²) in [6.45, 7) is 4.35. The lowest BCUT2D eigenvalue weighted by Gasteiger charge is -2.20. The Labute approximate surface area is 101 Å². The van der Waals surface area contributed by atoms with Crippen LogP contribution in [0.25, 0.3) is 0 Å². The average molecular weight is 257 g/mol. The van der Waals surface area contributed by atoms with Crippen LogP contribution in [0.2, 0.25) is 0 Å². The van der Waals surface area contributed by atoms with Gasteiger partial charge in [0.2, 0.25) is 10.0 Å².